The topological polar surface area (TPSA) is 92.2 Å². The maximum Gasteiger partial charge on any atom is 0.573 e. The molecule has 2 heterocycles. The van der Waals surface area contributed by atoms with Crippen molar-refractivity contribution < 1.29 is 23.0 Å². The molecule has 10 heteroatoms. The molecule has 0 fully saturated rings. The summed E-state index contributed by atoms with van der Waals surface area (Å²) in [7, 11) is 0. The largest absolute Gasteiger partial charge is 0.573 e. The van der Waals surface area contributed by atoms with Gasteiger partial charge in [0, 0.05) is 30.1 Å². The van der Waals surface area contributed by atoms with Crippen molar-refractivity contribution in [3.8, 4) is 17.0 Å². The van der Waals surface area contributed by atoms with Gasteiger partial charge in [0.15, 0.2) is 5.75 Å². The van der Waals surface area contributed by atoms with Crippen LogP contribution in [0.4, 0.5) is 30.6 Å². The molecule has 1 aromatic carbocycles. The summed E-state index contributed by atoms with van der Waals surface area (Å²) in [5, 5.41) is 15.1. The van der Waals surface area contributed by atoms with E-state index in [0.29, 0.717) is 5.69 Å². The third-order valence-electron chi connectivity index (χ3n) is 3.73. The Morgan fingerprint density at radius 2 is 1.83 bits per heavy atom. The van der Waals surface area contributed by atoms with E-state index in [1.54, 1.807) is 43.6 Å². The van der Waals surface area contributed by atoms with Gasteiger partial charge in [0.05, 0.1) is 18.0 Å². The van der Waals surface area contributed by atoms with Crippen LogP contribution in [0.15, 0.2) is 54.9 Å². The highest BCUT2D eigenvalue weighted by atomic mass is 19.4. The number of ether oxygens (including phenoxy) is 1. The second kappa shape index (κ2) is 8.74. The van der Waals surface area contributed by atoms with Crippen LogP contribution in [0.2, 0.25) is 0 Å². The molecule has 0 radical (unpaired) electrons. The fourth-order valence-corrected chi connectivity index (χ4v) is 2.43. The predicted molar refractivity (Wildman–Crippen MR) is 102 cm³/mol. The maximum atomic E-state index is 12.7. The second-order valence-corrected chi connectivity index (χ2v) is 6.09. The summed E-state index contributed by atoms with van der Waals surface area (Å²) in [6.45, 7) is 1.59. The number of benzene rings is 1. The SMILES string of the molecule is C[C@H](CO)Nc1nc(Nc2ccccc2OC(F)(F)F)cc(-c2ccncc2)n1. The van der Waals surface area contributed by atoms with E-state index >= 15 is 0 Å². The molecule has 0 unspecified atom stereocenters. The number of rotatable bonds is 7. The third-order valence-corrected chi connectivity index (χ3v) is 3.73. The quantitative estimate of drug-likeness (QED) is 0.548. The minimum Gasteiger partial charge on any atom is -0.404 e. The molecule has 0 saturated heterocycles. The standard InChI is InChI=1S/C19H18F3N5O2/c1-12(11-28)24-18-26-15(13-6-8-23-9-7-13)10-17(27-18)25-14-4-2-3-5-16(14)29-19(20,21)22/h2-10,12,28H,11H2,1H3,(H2,24,25,26,27)/t12-/m1/s1. The number of nitrogens with zero attached hydrogens (tertiary/aromatic N) is 3. The zero-order valence-electron chi connectivity index (χ0n) is 15.3. The summed E-state index contributed by atoms with van der Waals surface area (Å²) in [6.07, 6.45) is -1.63. The summed E-state index contributed by atoms with van der Waals surface area (Å²) in [6, 6.07) is 10.4. The van der Waals surface area contributed by atoms with Crippen molar-refractivity contribution in [3.05, 3.63) is 54.9 Å². The molecular formula is C19H18F3N5O2. The molecule has 0 aliphatic carbocycles. The van der Waals surface area contributed by atoms with E-state index in [9.17, 15) is 18.3 Å². The van der Waals surface area contributed by atoms with E-state index in [2.05, 4.69) is 30.3 Å². The summed E-state index contributed by atoms with van der Waals surface area (Å²) in [5.74, 6) is 0.0672. The number of nitrogens with one attached hydrogen (secondary N) is 2. The molecule has 29 heavy (non-hydrogen) atoms. The molecule has 2 aromatic heterocycles. The molecule has 7 nitrogen and oxygen atoms in total. The Morgan fingerprint density at radius 1 is 1.10 bits per heavy atom. The first-order chi connectivity index (χ1) is 13.8. The number of aliphatic hydroxyl groups is 1. The Labute approximate surface area is 164 Å². The van der Waals surface area contributed by atoms with Crippen molar-refractivity contribution in [2.75, 3.05) is 17.2 Å². The smallest absolute Gasteiger partial charge is 0.404 e. The van der Waals surface area contributed by atoms with Gasteiger partial charge >= 0.3 is 6.36 Å². The van der Waals surface area contributed by atoms with Gasteiger partial charge in [-0.15, -0.1) is 13.2 Å². The van der Waals surface area contributed by atoms with Crippen molar-refractivity contribution in [1.82, 2.24) is 15.0 Å². The number of alkyl halides is 3. The lowest BCUT2D eigenvalue weighted by atomic mass is 10.2. The van der Waals surface area contributed by atoms with Crippen LogP contribution in [0.5, 0.6) is 5.75 Å². The number of hydrogen-bond donors (Lipinski definition) is 3. The van der Waals surface area contributed by atoms with Crippen molar-refractivity contribution in [2.45, 2.75) is 19.3 Å². The van der Waals surface area contributed by atoms with Gasteiger partial charge in [-0.05, 0) is 31.2 Å². The molecule has 3 rings (SSSR count). The Balaban J connectivity index is 1.98. The highest BCUT2D eigenvalue weighted by Crippen LogP contribution is 2.32. The van der Waals surface area contributed by atoms with Crippen molar-refractivity contribution in [1.29, 1.82) is 0 Å². The van der Waals surface area contributed by atoms with E-state index < -0.39 is 6.36 Å². The predicted octanol–water partition coefficient (Wildman–Crippen LogP) is 3.97. The van der Waals surface area contributed by atoms with Gasteiger partial charge in [0.25, 0.3) is 0 Å². The van der Waals surface area contributed by atoms with Gasteiger partial charge in [0.1, 0.15) is 5.82 Å². The van der Waals surface area contributed by atoms with Gasteiger partial charge in [-0.3, -0.25) is 4.98 Å². The van der Waals surface area contributed by atoms with Gasteiger partial charge in [0.2, 0.25) is 5.95 Å². The molecule has 0 aliphatic rings. The Morgan fingerprint density at radius 3 is 2.52 bits per heavy atom. The number of aliphatic hydroxyl groups excluding tert-OH is 1. The molecule has 3 N–H and O–H groups in total. The molecule has 152 valence electrons. The average Bonchev–Trinajstić information content (AvgIpc) is 2.69. The van der Waals surface area contributed by atoms with E-state index in [4.69, 9.17) is 0 Å². The first-order valence-electron chi connectivity index (χ1n) is 8.63. The van der Waals surface area contributed by atoms with Crippen LogP contribution in [0, 0.1) is 0 Å². The molecule has 0 amide bonds. The van der Waals surface area contributed by atoms with E-state index in [1.807, 2.05) is 0 Å². The number of para-hydroxylation sites is 2. The highest BCUT2D eigenvalue weighted by Gasteiger charge is 2.32. The molecule has 0 bridgehead atoms. The lowest BCUT2D eigenvalue weighted by molar-refractivity contribution is -0.274. The molecular weight excluding hydrogens is 387 g/mol. The summed E-state index contributed by atoms with van der Waals surface area (Å²) < 4.78 is 42.1. The van der Waals surface area contributed by atoms with Crippen LogP contribution in [0.3, 0.4) is 0 Å². The number of aromatic nitrogens is 3. The number of anilines is 3. The minimum absolute atomic E-state index is 0.0883. The summed E-state index contributed by atoms with van der Waals surface area (Å²) in [5.41, 5.74) is 1.35. The maximum absolute atomic E-state index is 12.7. The Hall–Kier alpha value is -3.40. The van der Waals surface area contributed by atoms with Gasteiger partial charge < -0.3 is 20.5 Å². The lowest BCUT2D eigenvalue weighted by Crippen LogP contribution is -2.21. The summed E-state index contributed by atoms with van der Waals surface area (Å²) in [4.78, 5) is 12.6. The fourth-order valence-electron chi connectivity index (χ4n) is 2.43. The van der Waals surface area contributed by atoms with Crippen LogP contribution < -0.4 is 15.4 Å². The van der Waals surface area contributed by atoms with E-state index in [0.717, 1.165) is 5.56 Å². The first-order valence-corrected chi connectivity index (χ1v) is 8.63. The molecule has 0 spiro atoms. The molecule has 1 atom stereocenters. The van der Waals surface area contributed by atoms with E-state index in [1.165, 1.54) is 18.2 Å². The zero-order chi connectivity index (χ0) is 20.9. The number of hydrogen-bond acceptors (Lipinski definition) is 7. The number of pyridine rings is 1. The van der Waals surface area contributed by atoms with Crippen LogP contribution in [0.1, 0.15) is 6.92 Å². The van der Waals surface area contributed by atoms with Crippen molar-refractivity contribution >= 4 is 17.5 Å². The Bertz CT molecular complexity index is 954. The van der Waals surface area contributed by atoms with Gasteiger partial charge in [-0.25, -0.2) is 4.98 Å². The normalized spacial score (nSPS) is 12.3. The van der Waals surface area contributed by atoms with E-state index in [-0.39, 0.29) is 35.9 Å². The van der Waals surface area contributed by atoms with Crippen molar-refractivity contribution in [3.63, 3.8) is 0 Å². The molecule has 0 saturated carbocycles. The first kappa shape index (κ1) is 20.3. The van der Waals surface area contributed by atoms with Crippen molar-refractivity contribution in [2.24, 2.45) is 0 Å². The van der Waals surface area contributed by atoms with Gasteiger partial charge in [-0.2, -0.15) is 4.98 Å². The summed E-state index contributed by atoms with van der Waals surface area (Å²) >= 11 is 0. The van der Waals surface area contributed by atoms with Crippen LogP contribution in [0.25, 0.3) is 11.3 Å². The average molecular weight is 405 g/mol. The second-order valence-electron chi connectivity index (χ2n) is 6.09. The minimum atomic E-state index is -4.82. The number of halogens is 3. The zero-order valence-corrected chi connectivity index (χ0v) is 15.3. The fraction of sp³-hybridized carbons (Fsp3) is 0.211. The van der Waals surface area contributed by atoms with Crippen LogP contribution >= 0.6 is 0 Å². The monoisotopic (exact) mass is 405 g/mol. The molecule has 0 aliphatic heterocycles. The van der Waals surface area contributed by atoms with Crippen LogP contribution in [-0.4, -0.2) is 39.1 Å². The highest BCUT2D eigenvalue weighted by molar-refractivity contribution is 5.69. The van der Waals surface area contributed by atoms with Gasteiger partial charge in [-0.1, -0.05) is 12.1 Å². The lowest BCUT2D eigenvalue weighted by Gasteiger charge is -2.16. The molecule has 3 aromatic rings. The third kappa shape index (κ3) is 5.79. The Kier molecular flexibility index (Phi) is 6.13. The van der Waals surface area contributed by atoms with Crippen LogP contribution in [-0.2, 0) is 0 Å².